The quantitative estimate of drug-likeness (QED) is 0.573. The first kappa shape index (κ1) is 13.7. The predicted molar refractivity (Wildman–Crippen MR) is 81.2 cm³/mol. The van der Waals surface area contributed by atoms with E-state index in [4.69, 9.17) is 4.42 Å². The lowest BCUT2D eigenvalue weighted by Crippen LogP contribution is -2.17. The van der Waals surface area contributed by atoms with Crippen LogP contribution < -0.4 is 5.43 Å². The van der Waals surface area contributed by atoms with E-state index in [1.54, 1.807) is 36.4 Å². The number of rotatable bonds is 4. The Morgan fingerprint density at radius 1 is 1.18 bits per heavy atom. The number of aromatic nitrogens is 1. The van der Waals surface area contributed by atoms with Gasteiger partial charge in [0.15, 0.2) is 5.76 Å². The minimum atomic E-state index is -0.413. The molecule has 0 saturated carbocycles. The van der Waals surface area contributed by atoms with Gasteiger partial charge in [-0.2, -0.15) is 5.10 Å². The van der Waals surface area contributed by atoms with Gasteiger partial charge in [0.2, 0.25) is 0 Å². The number of hydrazone groups is 1. The first-order chi connectivity index (χ1) is 10.7. The highest BCUT2D eigenvalue weighted by Gasteiger charge is 2.06. The van der Waals surface area contributed by atoms with Crippen LogP contribution in [-0.2, 0) is 0 Å². The molecule has 0 aliphatic rings. The van der Waals surface area contributed by atoms with Gasteiger partial charge < -0.3 is 14.1 Å². The Morgan fingerprint density at radius 2 is 2.00 bits per heavy atom. The maximum absolute atomic E-state index is 11.7. The summed E-state index contributed by atoms with van der Waals surface area (Å²) in [5, 5.41) is 13.2. The van der Waals surface area contributed by atoms with Crippen LogP contribution in [0, 0.1) is 0 Å². The number of nitrogens with one attached hydrogen (secondary N) is 1. The van der Waals surface area contributed by atoms with Gasteiger partial charge in [0.1, 0.15) is 5.75 Å². The molecule has 0 spiro atoms. The number of carbonyl (C=O) groups excluding carboxylic acids is 1. The van der Waals surface area contributed by atoms with Gasteiger partial charge in [-0.05, 0) is 48.5 Å². The van der Waals surface area contributed by atoms with Crippen LogP contribution >= 0.6 is 0 Å². The van der Waals surface area contributed by atoms with Crippen LogP contribution in [0.4, 0.5) is 0 Å². The van der Waals surface area contributed by atoms with Crippen LogP contribution in [0.25, 0.3) is 5.69 Å². The Kier molecular flexibility index (Phi) is 3.74. The van der Waals surface area contributed by atoms with Crippen molar-refractivity contribution in [3.8, 4) is 11.4 Å². The highest BCUT2D eigenvalue weighted by Crippen LogP contribution is 2.15. The molecule has 0 bridgehead atoms. The van der Waals surface area contributed by atoms with E-state index in [-0.39, 0.29) is 11.5 Å². The normalized spacial score (nSPS) is 10.9. The lowest BCUT2D eigenvalue weighted by molar-refractivity contribution is 0.0927. The van der Waals surface area contributed by atoms with Crippen molar-refractivity contribution < 1.29 is 14.3 Å². The van der Waals surface area contributed by atoms with E-state index in [1.807, 2.05) is 22.9 Å². The molecule has 0 fully saturated rings. The summed E-state index contributed by atoms with van der Waals surface area (Å²) in [6.07, 6.45) is 4.82. The zero-order chi connectivity index (χ0) is 15.4. The Labute approximate surface area is 126 Å². The largest absolute Gasteiger partial charge is 0.508 e. The molecule has 110 valence electrons. The maximum atomic E-state index is 11.7. The fourth-order valence-corrected chi connectivity index (χ4v) is 1.97. The number of benzene rings is 1. The maximum Gasteiger partial charge on any atom is 0.307 e. The van der Waals surface area contributed by atoms with E-state index in [9.17, 15) is 9.90 Å². The molecule has 0 radical (unpaired) electrons. The van der Waals surface area contributed by atoms with Crippen LogP contribution in [-0.4, -0.2) is 21.8 Å². The number of carbonyl (C=O) groups is 1. The van der Waals surface area contributed by atoms with E-state index in [1.165, 1.54) is 12.5 Å². The number of phenols is 1. The third-order valence-electron chi connectivity index (χ3n) is 3.02. The van der Waals surface area contributed by atoms with Crippen molar-refractivity contribution in [3.05, 3.63) is 72.4 Å². The Morgan fingerprint density at radius 3 is 2.73 bits per heavy atom. The van der Waals surface area contributed by atoms with E-state index in [2.05, 4.69) is 10.5 Å². The standard InChI is InChI=1S/C16H13N3O3/c20-14-7-5-12(6-8-14)19-9-1-3-13(19)11-17-18-16(21)15-4-2-10-22-15/h1-11,20H,(H,18,21). The summed E-state index contributed by atoms with van der Waals surface area (Å²) < 4.78 is 6.85. The number of furan rings is 1. The van der Waals surface area contributed by atoms with Crippen LogP contribution in [0.1, 0.15) is 16.2 Å². The van der Waals surface area contributed by atoms with Gasteiger partial charge >= 0.3 is 5.91 Å². The van der Waals surface area contributed by atoms with Crippen molar-refractivity contribution in [1.29, 1.82) is 0 Å². The summed E-state index contributed by atoms with van der Waals surface area (Å²) in [4.78, 5) is 11.7. The number of nitrogens with zero attached hydrogens (tertiary/aromatic N) is 2. The fraction of sp³-hybridized carbons (Fsp3) is 0. The molecule has 0 unspecified atom stereocenters. The molecule has 2 N–H and O–H groups in total. The minimum absolute atomic E-state index is 0.200. The lowest BCUT2D eigenvalue weighted by Gasteiger charge is -2.06. The van der Waals surface area contributed by atoms with Crippen LogP contribution in [0.15, 0.2) is 70.5 Å². The Bertz CT molecular complexity index is 786. The molecule has 2 aromatic heterocycles. The van der Waals surface area contributed by atoms with Gasteiger partial charge in [-0.3, -0.25) is 4.79 Å². The molecule has 2 heterocycles. The molecule has 0 saturated heterocycles. The molecule has 1 amide bonds. The number of hydrogen-bond acceptors (Lipinski definition) is 4. The fourth-order valence-electron chi connectivity index (χ4n) is 1.97. The zero-order valence-corrected chi connectivity index (χ0v) is 11.5. The van der Waals surface area contributed by atoms with Crippen molar-refractivity contribution in [1.82, 2.24) is 9.99 Å². The third-order valence-corrected chi connectivity index (χ3v) is 3.02. The molecule has 6 heteroatoms. The zero-order valence-electron chi connectivity index (χ0n) is 11.5. The van der Waals surface area contributed by atoms with Gasteiger partial charge in [-0.25, -0.2) is 5.43 Å². The topological polar surface area (TPSA) is 79.8 Å². The third kappa shape index (κ3) is 2.90. The van der Waals surface area contributed by atoms with Gasteiger partial charge in [0.05, 0.1) is 18.2 Å². The van der Waals surface area contributed by atoms with Crippen LogP contribution in [0.5, 0.6) is 5.75 Å². The summed E-state index contributed by atoms with van der Waals surface area (Å²) in [5.74, 6) is -0.00751. The molecular weight excluding hydrogens is 282 g/mol. The minimum Gasteiger partial charge on any atom is -0.508 e. The predicted octanol–water partition coefficient (Wildman–Crippen LogP) is 2.54. The number of aromatic hydroxyl groups is 1. The van der Waals surface area contributed by atoms with Crippen molar-refractivity contribution in [2.24, 2.45) is 5.10 Å². The van der Waals surface area contributed by atoms with Crippen LogP contribution in [0.2, 0.25) is 0 Å². The van der Waals surface area contributed by atoms with Gasteiger partial charge in [0, 0.05) is 11.9 Å². The number of amides is 1. The summed E-state index contributed by atoms with van der Waals surface area (Å²) in [5.41, 5.74) is 4.05. The van der Waals surface area contributed by atoms with Crippen molar-refractivity contribution >= 4 is 12.1 Å². The molecule has 0 atom stereocenters. The summed E-state index contributed by atoms with van der Waals surface area (Å²) in [7, 11) is 0. The first-order valence-electron chi connectivity index (χ1n) is 6.58. The number of hydrogen-bond donors (Lipinski definition) is 2. The van der Waals surface area contributed by atoms with E-state index in [0.717, 1.165) is 11.4 Å². The van der Waals surface area contributed by atoms with E-state index >= 15 is 0 Å². The number of phenolic OH excluding ortho intramolecular Hbond substituents is 1. The average molecular weight is 295 g/mol. The molecule has 3 aromatic rings. The molecule has 0 aliphatic carbocycles. The van der Waals surface area contributed by atoms with E-state index in [0.29, 0.717) is 0 Å². The van der Waals surface area contributed by atoms with Gasteiger partial charge in [-0.1, -0.05) is 0 Å². The van der Waals surface area contributed by atoms with Crippen molar-refractivity contribution in [3.63, 3.8) is 0 Å². The smallest absolute Gasteiger partial charge is 0.307 e. The summed E-state index contributed by atoms with van der Waals surface area (Å²) >= 11 is 0. The molecule has 0 aliphatic heterocycles. The SMILES string of the molecule is O=C(NN=Cc1cccn1-c1ccc(O)cc1)c1ccco1. The summed E-state index contributed by atoms with van der Waals surface area (Å²) in [6.45, 7) is 0. The van der Waals surface area contributed by atoms with Gasteiger partial charge in [0.25, 0.3) is 0 Å². The monoisotopic (exact) mass is 295 g/mol. The first-order valence-corrected chi connectivity index (χ1v) is 6.58. The second kappa shape index (κ2) is 6.01. The summed E-state index contributed by atoms with van der Waals surface area (Å²) in [6, 6.07) is 13.7. The molecule has 1 aromatic carbocycles. The van der Waals surface area contributed by atoms with Crippen molar-refractivity contribution in [2.75, 3.05) is 0 Å². The Balaban J connectivity index is 1.74. The Hall–Kier alpha value is -3.28. The average Bonchev–Trinajstić information content (AvgIpc) is 3.19. The molecule has 3 rings (SSSR count). The molecule has 6 nitrogen and oxygen atoms in total. The second-order valence-electron chi connectivity index (χ2n) is 4.50. The molecular formula is C16H13N3O3. The van der Waals surface area contributed by atoms with Crippen LogP contribution in [0.3, 0.4) is 0 Å². The van der Waals surface area contributed by atoms with Gasteiger partial charge in [-0.15, -0.1) is 0 Å². The van der Waals surface area contributed by atoms with E-state index < -0.39 is 5.91 Å². The van der Waals surface area contributed by atoms with Crippen molar-refractivity contribution in [2.45, 2.75) is 0 Å². The highest BCUT2D eigenvalue weighted by atomic mass is 16.3. The molecule has 22 heavy (non-hydrogen) atoms. The second-order valence-corrected chi connectivity index (χ2v) is 4.50. The lowest BCUT2D eigenvalue weighted by atomic mass is 10.3. The highest BCUT2D eigenvalue weighted by molar-refractivity contribution is 5.92.